The van der Waals surface area contributed by atoms with E-state index >= 15 is 0 Å². The van der Waals surface area contributed by atoms with Crippen molar-refractivity contribution in [2.24, 2.45) is 11.3 Å². The molecular weight excluding hydrogens is 234 g/mol. The van der Waals surface area contributed by atoms with Crippen LogP contribution in [0.5, 0.6) is 0 Å². The van der Waals surface area contributed by atoms with Crippen LogP contribution in [-0.2, 0) is 14.3 Å². The van der Waals surface area contributed by atoms with E-state index in [1.807, 2.05) is 13.8 Å². The minimum absolute atomic E-state index is 0.00729. The maximum atomic E-state index is 11.7. The lowest BCUT2D eigenvalue weighted by Crippen LogP contribution is -2.33. The number of nitrogens with one attached hydrogen (secondary N) is 1. The molecule has 1 aliphatic rings. The first-order chi connectivity index (χ1) is 8.41. The van der Waals surface area contributed by atoms with Gasteiger partial charge in [-0.05, 0) is 24.7 Å². The van der Waals surface area contributed by atoms with E-state index in [9.17, 15) is 9.59 Å². The maximum Gasteiger partial charge on any atom is 0.303 e. The summed E-state index contributed by atoms with van der Waals surface area (Å²) in [6, 6.07) is 0. The van der Waals surface area contributed by atoms with Crippen LogP contribution in [0, 0.1) is 11.3 Å². The Balaban J connectivity index is 2.19. The van der Waals surface area contributed by atoms with Crippen molar-refractivity contribution in [1.29, 1.82) is 0 Å². The predicted octanol–water partition coefficient (Wildman–Crippen LogP) is 1.42. The summed E-state index contributed by atoms with van der Waals surface area (Å²) in [5.41, 5.74) is -0.0577. The van der Waals surface area contributed by atoms with Crippen LogP contribution in [0.4, 0.5) is 0 Å². The summed E-state index contributed by atoms with van der Waals surface area (Å²) in [5, 5.41) is 11.6. The first-order valence-corrected chi connectivity index (χ1v) is 6.48. The molecule has 5 nitrogen and oxygen atoms in total. The smallest absolute Gasteiger partial charge is 0.303 e. The number of ether oxygens (including phenoxy) is 1. The number of hydrogen-bond acceptors (Lipinski definition) is 3. The highest BCUT2D eigenvalue weighted by atomic mass is 16.5. The van der Waals surface area contributed by atoms with Gasteiger partial charge >= 0.3 is 5.97 Å². The highest BCUT2D eigenvalue weighted by Gasteiger charge is 2.24. The number of amides is 1. The summed E-state index contributed by atoms with van der Waals surface area (Å²) in [6.07, 6.45) is 2.40. The fourth-order valence-corrected chi connectivity index (χ4v) is 1.98. The first kappa shape index (κ1) is 15.0. The molecule has 0 aromatic heterocycles. The lowest BCUT2D eigenvalue weighted by atomic mass is 9.84. The summed E-state index contributed by atoms with van der Waals surface area (Å²) in [7, 11) is 0. The van der Waals surface area contributed by atoms with Crippen molar-refractivity contribution in [1.82, 2.24) is 5.32 Å². The number of carboxylic acid groups (broad SMARTS) is 1. The Labute approximate surface area is 108 Å². The molecular formula is C13H23NO4. The van der Waals surface area contributed by atoms with E-state index in [-0.39, 0.29) is 23.7 Å². The standard InChI is InChI=1S/C13H23NO4/c1-13(2,5-3-11(15)16)6-7-14-12(17)10-4-8-18-9-10/h10H,3-9H2,1-2H3,(H,14,17)(H,15,16). The molecule has 0 aromatic carbocycles. The third-order valence-electron chi connectivity index (χ3n) is 3.42. The minimum atomic E-state index is -0.768. The zero-order valence-corrected chi connectivity index (χ0v) is 11.2. The van der Waals surface area contributed by atoms with Crippen molar-refractivity contribution in [3.8, 4) is 0 Å². The van der Waals surface area contributed by atoms with Crippen molar-refractivity contribution >= 4 is 11.9 Å². The van der Waals surface area contributed by atoms with E-state index in [2.05, 4.69) is 5.32 Å². The van der Waals surface area contributed by atoms with E-state index in [1.54, 1.807) is 0 Å². The van der Waals surface area contributed by atoms with Gasteiger partial charge in [0.05, 0.1) is 12.5 Å². The minimum Gasteiger partial charge on any atom is -0.481 e. The van der Waals surface area contributed by atoms with E-state index < -0.39 is 5.97 Å². The van der Waals surface area contributed by atoms with Crippen molar-refractivity contribution in [2.45, 2.75) is 39.5 Å². The second kappa shape index (κ2) is 6.73. The van der Waals surface area contributed by atoms with Gasteiger partial charge in [0.1, 0.15) is 0 Å². The Hall–Kier alpha value is -1.10. The third kappa shape index (κ3) is 5.49. The molecule has 2 N–H and O–H groups in total. The predicted molar refractivity (Wildman–Crippen MR) is 67.2 cm³/mol. The van der Waals surface area contributed by atoms with Gasteiger partial charge in [0, 0.05) is 19.6 Å². The molecule has 1 saturated heterocycles. The van der Waals surface area contributed by atoms with E-state index in [0.29, 0.717) is 26.2 Å². The van der Waals surface area contributed by atoms with Crippen LogP contribution in [-0.4, -0.2) is 36.7 Å². The summed E-state index contributed by atoms with van der Waals surface area (Å²) in [4.78, 5) is 22.2. The van der Waals surface area contributed by atoms with Gasteiger partial charge in [-0.3, -0.25) is 9.59 Å². The highest BCUT2D eigenvalue weighted by molar-refractivity contribution is 5.78. The lowest BCUT2D eigenvalue weighted by Gasteiger charge is -2.24. The molecule has 18 heavy (non-hydrogen) atoms. The number of aliphatic carboxylic acids is 1. The quantitative estimate of drug-likeness (QED) is 0.723. The van der Waals surface area contributed by atoms with Crippen LogP contribution >= 0.6 is 0 Å². The first-order valence-electron chi connectivity index (χ1n) is 6.48. The molecule has 1 atom stereocenters. The Bertz CT molecular complexity index is 295. The Morgan fingerprint density at radius 2 is 2.11 bits per heavy atom. The largest absolute Gasteiger partial charge is 0.481 e. The molecule has 1 amide bonds. The number of carboxylic acids is 1. The molecule has 0 radical (unpaired) electrons. The molecule has 5 heteroatoms. The zero-order chi connectivity index (χ0) is 13.6. The summed E-state index contributed by atoms with van der Waals surface area (Å²) in [6.45, 7) is 5.85. The highest BCUT2D eigenvalue weighted by Crippen LogP contribution is 2.26. The lowest BCUT2D eigenvalue weighted by molar-refractivity contribution is -0.137. The van der Waals surface area contributed by atoms with E-state index in [1.165, 1.54) is 0 Å². The molecule has 1 rings (SSSR count). The van der Waals surface area contributed by atoms with Crippen LogP contribution in [0.1, 0.15) is 39.5 Å². The van der Waals surface area contributed by atoms with Crippen molar-refractivity contribution in [3.05, 3.63) is 0 Å². The average Bonchev–Trinajstić information content (AvgIpc) is 2.79. The van der Waals surface area contributed by atoms with Crippen molar-refractivity contribution < 1.29 is 19.4 Å². The van der Waals surface area contributed by atoms with Gasteiger partial charge in [-0.1, -0.05) is 13.8 Å². The van der Waals surface area contributed by atoms with Crippen molar-refractivity contribution in [2.75, 3.05) is 19.8 Å². The summed E-state index contributed by atoms with van der Waals surface area (Å²) < 4.78 is 5.16. The van der Waals surface area contributed by atoms with Gasteiger partial charge in [-0.2, -0.15) is 0 Å². The average molecular weight is 257 g/mol. The molecule has 0 bridgehead atoms. The molecule has 1 fully saturated rings. The molecule has 0 aromatic rings. The zero-order valence-electron chi connectivity index (χ0n) is 11.2. The summed E-state index contributed by atoms with van der Waals surface area (Å²) in [5.74, 6) is -0.719. The van der Waals surface area contributed by atoms with Gasteiger partial charge < -0.3 is 15.2 Å². The van der Waals surface area contributed by atoms with Crippen LogP contribution in [0.25, 0.3) is 0 Å². The molecule has 1 unspecified atom stereocenters. The molecule has 0 spiro atoms. The van der Waals surface area contributed by atoms with Gasteiger partial charge in [0.2, 0.25) is 5.91 Å². The van der Waals surface area contributed by atoms with Crippen molar-refractivity contribution in [3.63, 3.8) is 0 Å². The van der Waals surface area contributed by atoms with Crippen LogP contribution in [0.3, 0.4) is 0 Å². The third-order valence-corrected chi connectivity index (χ3v) is 3.42. The molecule has 104 valence electrons. The summed E-state index contributed by atoms with van der Waals surface area (Å²) >= 11 is 0. The van der Waals surface area contributed by atoms with Gasteiger partial charge in [-0.15, -0.1) is 0 Å². The molecule has 1 aliphatic heterocycles. The van der Waals surface area contributed by atoms with E-state index in [0.717, 1.165) is 12.8 Å². The Morgan fingerprint density at radius 3 is 2.67 bits per heavy atom. The molecule has 0 aliphatic carbocycles. The topological polar surface area (TPSA) is 75.6 Å². The molecule has 1 heterocycles. The fourth-order valence-electron chi connectivity index (χ4n) is 1.98. The number of carbonyl (C=O) groups excluding carboxylic acids is 1. The maximum absolute atomic E-state index is 11.7. The SMILES string of the molecule is CC(C)(CCNC(=O)C1CCOC1)CCC(=O)O. The Morgan fingerprint density at radius 1 is 1.39 bits per heavy atom. The van der Waals surface area contributed by atoms with Crippen LogP contribution in [0.15, 0.2) is 0 Å². The number of rotatable bonds is 7. The second-order valence-electron chi connectivity index (χ2n) is 5.66. The van der Waals surface area contributed by atoms with Crippen LogP contribution < -0.4 is 5.32 Å². The molecule has 0 saturated carbocycles. The number of carbonyl (C=O) groups is 2. The van der Waals surface area contributed by atoms with E-state index in [4.69, 9.17) is 9.84 Å². The fraction of sp³-hybridized carbons (Fsp3) is 0.846. The Kier molecular flexibility index (Phi) is 5.59. The van der Waals surface area contributed by atoms with Crippen LogP contribution in [0.2, 0.25) is 0 Å². The second-order valence-corrected chi connectivity index (χ2v) is 5.66. The normalized spacial score (nSPS) is 19.8. The van der Waals surface area contributed by atoms with Gasteiger partial charge in [-0.25, -0.2) is 0 Å². The number of hydrogen-bond donors (Lipinski definition) is 2. The van der Waals surface area contributed by atoms with Gasteiger partial charge in [0.25, 0.3) is 0 Å². The van der Waals surface area contributed by atoms with Gasteiger partial charge in [0.15, 0.2) is 0 Å². The monoisotopic (exact) mass is 257 g/mol.